The third-order valence-electron chi connectivity index (χ3n) is 8.28. The minimum atomic E-state index is -2.75. The summed E-state index contributed by atoms with van der Waals surface area (Å²) in [5.41, 5.74) is -0.313. The maximum absolute atomic E-state index is 13.9. The van der Waals surface area contributed by atoms with Gasteiger partial charge in [-0.15, -0.1) is 20.4 Å². The highest BCUT2D eigenvalue weighted by Crippen LogP contribution is 2.43. The molecule has 14 nitrogen and oxygen atoms in total. The van der Waals surface area contributed by atoms with Crippen LogP contribution in [0.2, 0.25) is 0 Å². The van der Waals surface area contributed by atoms with Crippen LogP contribution in [0.25, 0.3) is 0 Å². The molecule has 4 aromatic heterocycles. The molecule has 1 aliphatic carbocycles. The van der Waals surface area contributed by atoms with E-state index in [0.717, 1.165) is 35.7 Å². The zero-order valence-electron chi connectivity index (χ0n) is 25.8. The Morgan fingerprint density at radius 1 is 0.792 bits per heavy atom. The Morgan fingerprint density at radius 3 is 1.73 bits per heavy atom. The number of carbonyl (C=O) groups is 2. The van der Waals surface area contributed by atoms with Crippen molar-refractivity contribution in [3.05, 3.63) is 45.9 Å². The molecule has 4 aromatic rings. The summed E-state index contributed by atoms with van der Waals surface area (Å²) >= 11 is 2.66. The van der Waals surface area contributed by atoms with Crippen molar-refractivity contribution in [3.63, 3.8) is 0 Å². The molecule has 0 unspecified atom stereocenters. The van der Waals surface area contributed by atoms with E-state index < -0.39 is 24.7 Å². The van der Waals surface area contributed by atoms with Crippen LogP contribution < -0.4 is 20.4 Å². The van der Waals surface area contributed by atoms with Crippen molar-refractivity contribution in [3.8, 4) is 0 Å². The fraction of sp³-hybridized carbons (Fsp3) is 0.517. The van der Waals surface area contributed by atoms with Gasteiger partial charge in [0, 0.05) is 24.2 Å². The molecule has 6 heterocycles. The van der Waals surface area contributed by atoms with Crippen LogP contribution in [0.4, 0.5) is 35.3 Å². The largest absolute Gasteiger partial charge is 0.334 e. The number of rotatable bonds is 10. The molecule has 252 valence electrons. The molecular weight excluding hydrogens is 670 g/mol. The molecule has 2 aliphatic heterocycles. The van der Waals surface area contributed by atoms with Crippen LogP contribution in [-0.2, 0) is 22.4 Å². The number of amides is 2. The van der Waals surface area contributed by atoms with Gasteiger partial charge >= 0.3 is 0 Å². The Hall–Kier alpha value is -4.39. The first-order chi connectivity index (χ1) is 23.0. The number of nitrogens with one attached hydrogen (secondary N) is 2. The number of hydrogen-bond donors (Lipinski definition) is 2. The Balaban J connectivity index is 0.899. The topological polar surface area (TPSA) is 168 Å². The van der Waals surface area contributed by atoms with Gasteiger partial charge in [-0.3, -0.25) is 9.59 Å². The Morgan fingerprint density at radius 2 is 1.27 bits per heavy atom. The first-order valence-electron chi connectivity index (χ1n) is 15.4. The van der Waals surface area contributed by atoms with Crippen molar-refractivity contribution in [1.29, 1.82) is 0 Å². The lowest BCUT2D eigenvalue weighted by Crippen LogP contribution is -2.57. The highest BCUT2D eigenvalue weighted by Gasteiger charge is 2.45. The minimum absolute atomic E-state index is 0.0206. The molecule has 2 saturated heterocycles. The van der Waals surface area contributed by atoms with E-state index in [1.165, 1.54) is 40.7 Å². The second-order valence-electron chi connectivity index (χ2n) is 12.6. The number of anilines is 4. The molecule has 1 saturated carbocycles. The van der Waals surface area contributed by atoms with Crippen molar-refractivity contribution in [2.45, 2.75) is 68.9 Å². The lowest BCUT2D eigenvalue weighted by molar-refractivity contribution is -0.116. The van der Waals surface area contributed by atoms with Gasteiger partial charge in [-0.25, -0.2) is 33.1 Å². The molecule has 0 bridgehead atoms. The van der Waals surface area contributed by atoms with Crippen LogP contribution in [0.3, 0.4) is 0 Å². The highest BCUT2D eigenvalue weighted by molar-refractivity contribution is 7.15. The fourth-order valence-corrected chi connectivity index (χ4v) is 7.82. The number of nitrogens with zero attached hydrogens (tertiary/aromatic N) is 10. The predicted octanol–water partition coefficient (Wildman–Crippen LogP) is 3.78. The van der Waals surface area contributed by atoms with Crippen LogP contribution >= 0.6 is 22.7 Å². The fourth-order valence-electron chi connectivity index (χ4n) is 6.01. The van der Waals surface area contributed by atoms with Crippen LogP contribution in [0, 0.1) is 0 Å². The molecule has 3 aliphatic rings. The summed E-state index contributed by atoms with van der Waals surface area (Å²) in [6, 6.07) is 3.23. The molecule has 48 heavy (non-hydrogen) atoms. The summed E-state index contributed by atoms with van der Waals surface area (Å²) < 4.78 is 40.3. The van der Waals surface area contributed by atoms with Crippen molar-refractivity contribution in [1.82, 2.24) is 40.3 Å². The molecule has 3 fully saturated rings. The van der Waals surface area contributed by atoms with Crippen molar-refractivity contribution in [2.75, 3.05) is 46.6 Å². The first kappa shape index (κ1) is 32.2. The summed E-state index contributed by atoms with van der Waals surface area (Å²) in [5, 5.41) is 25.1. The third kappa shape index (κ3) is 7.51. The molecule has 0 aromatic carbocycles. The summed E-state index contributed by atoms with van der Waals surface area (Å²) in [6.45, 7) is 1.09. The van der Waals surface area contributed by atoms with E-state index in [4.69, 9.17) is 0 Å². The molecular formula is C29H31F3N12O2S2. The molecule has 7 rings (SSSR count). The van der Waals surface area contributed by atoms with Crippen LogP contribution in [0.15, 0.2) is 24.5 Å². The number of alkyl halides is 3. The second kappa shape index (κ2) is 12.9. The summed E-state index contributed by atoms with van der Waals surface area (Å²) in [6.07, 6.45) is 6.55. The van der Waals surface area contributed by atoms with E-state index in [0.29, 0.717) is 27.6 Å². The summed E-state index contributed by atoms with van der Waals surface area (Å²) in [5.74, 6) is -2.54. The number of aromatic nitrogens is 8. The standard InChI is InChI=1S/C29H31F3N12O2S2/c1-28(30)12-43(13-28)24-33-7-5-18(35-24)10-20(45)37-26-41-39-22(47-26)16-3-2-4-17(9-16)23-40-42-27(48-23)38-21(46)11-19-6-8-34-25(36-19)44-14-29(31,32)15-44/h5-8,16-17H,2-4,9-15H2,1H3,(H,37,41,45)(H,38,42,46)/t16-,17-/m0/s1. The lowest BCUT2D eigenvalue weighted by Gasteiger charge is -2.42. The van der Waals surface area contributed by atoms with Gasteiger partial charge in [-0.2, -0.15) is 0 Å². The second-order valence-corrected chi connectivity index (χ2v) is 14.6. The number of halogens is 3. The molecule has 0 spiro atoms. The molecule has 2 N–H and O–H groups in total. The summed E-state index contributed by atoms with van der Waals surface area (Å²) in [7, 11) is 0. The van der Waals surface area contributed by atoms with Gasteiger partial charge in [0.2, 0.25) is 34.0 Å². The average Bonchev–Trinajstić information content (AvgIpc) is 3.69. The monoisotopic (exact) mass is 700 g/mol. The summed E-state index contributed by atoms with van der Waals surface area (Å²) in [4.78, 5) is 45.4. The SMILES string of the molecule is CC1(F)CN(c2nccc(CC(=O)Nc3nnc([C@H]4CCC[C@H](c5nnc(NC(=O)Cc6ccnc(N7CC(F)(F)C7)n6)s5)C4)s3)n2)C1. The maximum Gasteiger partial charge on any atom is 0.282 e. The third-order valence-corrected chi connectivity index (χ3v) is 10.3. The average molecular weight is 701 g/mol. The van der Waals surface area contributed by atoms with Crippen LogP contribution in [0.5, 0.6) is 0 Å². The molecule has 0 radical (unpaired) electrons. The molecule has 19 heteroatoms. The molecule has 2 amide bonds. The van der Waals surface area contributed by atoms with Crippen LogP contribution in [0.1, 0.15) is 65.8 Å². The van der Waals surface area contributed by atoms with Gasteiger partial charge < -0.3 is 20.4 Å². The van der Waals surface area contributed by atoms with Crippen LogP contribution in [-0.4, -0.2) is 89.9 Å². The Labute approximate surface area is 280 Å². The van der Waals surface area contributed by atoms with E-state index in [1.54, 1.807) is 23.2 Å². The van der Waals surface area contributed by atoms with E-state index >= 15 is 0 Å². The zero-order valence-corrected chi connectivity index (χ0v) is 27.4. The quantitative estimate of drug-likeness (QED) is 0.246. The van der Waals surface area contributed by atoms with Crippen molar-refractivity contribution < 1.29 is 22.8 Å². The van der Waals surface area contributed by atoms with E-state index in [-0.39, 0.29) is 55.5 Å². The van der Waals surface area contributed by atoms with E-state index in [2.05, 4.69) is 51.0 Å². The number of carbonyl (C=O) groups excluding carboxylic acids is 2. The lowest BCUT2D eigenvalue weighted by atomic mass is 9.82. The minimum Gasteiger partial charge on any atom is -0.334 e. The Bertz CT molecular complexity index is 1680. The van der Waals surface area contributed by atoms with E-state index in [9.17, 15) is 22.8 Å². The van der Waals surface area contributed by atoms with Gasteiger partial charge in [-0.05, 0) is 38.3 Å². The maximum atomic E-state index is 13.9. The molecule has 2 atom stereocenters. The van der Waals surface area contributed by atoms with E-state index in [1.807, 2.05) is 0 Å². The van der Waals surface area contributed by atoms with Gasteiger partial charge in [0.05, 0.1) is 50.4 Å². The van der Waals surface area contributed by atoms with Crippen molar-refractivity contribution in [2.24, 2.45) is 0 Å². The number of hydrogen-bond acceptors (Lipinski definition) is 14. The highest BCUT2D eigenvalue weighted by atomic mass is 32.1. The first-order valence-corrected chi connectivity index (χ1v) is 17.1. The van der Waals surface area contributed by atoms with Gasteiger partial charge in [0.15, 0.2) is 0 Å². The zero-order chi connectivity index (χ0) is 33.5. The van der Waals surface area contributed by atoms with Crippen molar-refractivity contribution >= 4 is 56.6 Å². The predicted molar refractivity (Wildman–Crippen MR) is 171 cm³/mol. The normalized spacial score (nSPS) is 21.2. The van der Waals surface area contributed by atoms with Gasteiger partial charge in [0.1, 0.15) is 15.7 Å². The Kier molecular flexibility index (Phi) is 8.65. The van der Waals surface area contributed by atoms with Gasteiger partial charge in [0.25, 0.3) is 5.92 Å². The van der Waals surface area contributed by atoms with Gasteiger partial charge in [-0.1, -0.05) is 29.1 Å². The smallest absolute Gasteiger partial charge is 0.282 e.